The molecular weight excluding hydrogens is 287 g/mol. The number of ether oxygens (including phenoxy) is 2. The van der Waals surface area contributed by atoms with Crippen LogP contribution < -0.4 is 10.1 Å². The van der Waals surface area contributed by atoms with Crippen LogP contribution in [0.3, 0.4) is 0 Å². The summed E-state index contributed by atoms with van der Waals surface area (Å²) in [4.78, 5) is 11.2. The molecule has 1 aromatic rings. The molecule has 0 saturated carbocycles. The van der Waals surface area contributed by atoms with Crippen LogP contribution in [0, 0.1) is 0 Å². The van der Waals surface area contributed by atoms with E-state index >= 15 is 0 Å². The fraction of sp³-hybridized carbons (Fsp3) is 0.500. The molecule has 1 aliphatic rings. The highest BCUT2D eigenvalue weighted by Crippen LogP contribution is 2.30. The number of carbonyl (C=O) groups is 1. The van der Waals surface area contributed by atoms with Crippen LogP contribution in [0.2, 0.25) is 0 Å². The number of methoxy groups -OCH3 is 1. The first-order valence-electron chi connectivity index (χ1n) is 6.52. The smallest absolute Gasteiger partial charge is 0.416 e. The highest BCUT2D eigenvalue weighted by Gasteiger charge is 2.31. The summed E-state index contributed by atoms with van der Waals surface area (Å²) in [5.74, 6) is 0.0798. The van der Waals surface area contributed by atoms with Crippen molar-refractivity contribution in [3.05, 3.63) is 29.8 Å². The summed E-state index contributed by atoms with van der Waals surface area (Å²) < 4.78 is 47.5. The van der Waals surface area contributed by atoms with E-state index in [2.05, 4.69) is 10.1 Å². The molecule has 21 heavy (non-hydrogen) atoms. The molecule has 1 N–H and O–H groups in total. The molecule has 1 aliphatic heterocycles. The summed E-state index contributed by atoms with van der Waals surface area (Å²) in [5, 5.41) is 3.12. The molecule has 4 nitrogen and oxygen atoms in total. The van der Waals surface area contributed by atoms with E-state index < -0.39 is 11.7 Å². The zero-order chi connectivity index (χ0) is 15.5. The fourth-order valence-corrected chi connectivity index (χ4v) is 2.23. The second-order valence-corrected chi connectivity index (χ2v) is 4.88. The van der Waals surface area contributed by atoms with Crippen molar-refractivity contribution in [1.82, 2.24) is 5.32 Å². The van der Waals surface area contributed by atoms with Crippen LogP contribution in [-0.2, 0) is 15.7 Å². The van der Waals surface area contributed by atoms with E-state index in [1.54, 1.807) is 0 Å². The lowest BCUT2D eigenvalue weighted by atomic mass is 10.1. The standard InChI is InChI=1S/C14H16F3NO3/c1-20-13(19)7-10-6-12(8-18-10)21-11-4-2-9(3-5-11)14(15,16)17/h2-5,10,12,18H,6-8H2,1H3/t10-,12+/m0/s1. The van der Waals surface area contributed by atoms with Gasteiger partial charge in [0.1, 0.15) is 11.9 Å². The maximum Gasteiger partial charge on any atom is 0.416 e. The van der Waals surface area contributed by atoms with E-state index in [9.17, 15) is 18.0 Å². The molecule has 0 radical (unpaired) electrons. The van der Waals surface area contributed by atoms with Crippen molar-refractivity contribution in [3.8, 4) is 5.75 Å². The minimum Gasteiger partial charge on any atom is -0.489 e. The monoisotopic (exact) mass is 303 g/mol. The highest BCUT2D eigenvalue weighted by molar-refractivity contribution is 5.69. The van der Waals surface area contributed by atoms with Crippen LogP contribution in [0.25, 0.3) is 0 Å². The van der Waals surface area contributed by atoms with Gasteiger partial charge in [0, 0.05) is 19.0 Å². The van der Waals surface area contributed by atoms with Gasteiger partial charge in [-0.05, 0) is 24.3 Å². The molecule has 0 unspecified atom stereocenters. The van der Waals surface area contributed by atoms with Crippen molar-refractivity contribution < 1.29 is 27.4 Å². The van der Waals surface area contributed by atoms with Gasteiger partial charge in [0.15, 0.2) is 0 Å². The van der Waals surface area contributed by atoms with Gasteiger partial charge in [-0.1, -0.05) is 0 Å². The quantitative estimate of drug-likeness (QED) is 0.868. The number of rotatable bonds is 4. The number of esters is 1. The van der Waals surface area contributed by atoms with Gasteiger partial charge in [-0.3, -0.25) is 4.79 Å². The van der Waals surface area contributed by atoms with Gasteiger partial charge < -0.3 is 14.8 Å². The first-order chi connectivity index (χ1) is 9.88. The summed E-state index contributed by atoms with van der Waals surface area (Å²) in [7, 11) is 1.33. The second-order valence-electron chi connectivity index (χ2n) is 4.88. The number of hydrogen-bond acceptors (Lipinski definition) is 4. The molecular formula is C14H16F3NO3. The molecule has 0 bridgehead atoms. The van der Waals surface area contributed by atoms with Gasteiger partial charge in [0.05, 0.1) is 19.1 Å². The van der Waals surface area contributed by atoms with Crippen LogP contribution >= 0.6 is 0 Å². The van der Waals surface area contributed by atoms with Crippen LogP contribution in [0.1, 0.15) is 18.4 Å². The Labute approximate surface area is 120 Å². The van der Waals surface area contributed by atoms with Crippen LogP contribution in [0.4, 0.5) is 13.2 Å². The lowest BCUT2D eigenvalue weighted by Crippen LogP contribution is -2.25. The Morgan fingerprint density at radius 3 is 2.57 bits per heavy atom. The molecule has 2 rings (SSSR count). The predicted octanol–water partition coefficient (Wildman–Crippen LogP) is 2.38. The summed E-state index contributed by atoms with van der Waals surface area (Å²) >= 11 is 0. The third-order valence-corrected chi connectivity index (χ3v) is 3.31. The minimum atomic E-state index is -4.35. The zero-order valence-electron chi connectivity index (χ0n) is 11.4. The van der Waals surface area contributed by atoms with Gasteiger partial charge in [-0.15, -0.1) is 0 Å². The van der Waals surface area contributed by atoms with E-state index in [0.29, 0.717) is 18.7 Å². The number of carbonyl (C=O) groups excluding carboxylic acids is 1. The van der Waals surface area contributed by atoms with E-state index in [0.717, 1.165) is 12.1 Å². The third kappa shape index (κ3) is 4.35. The predicted molar refractivity (Wildman–Crippen MR) is 68.9 cm³/mol. The van der Waals surface area contributed by atoms with Crippen molar-refractivity contribution in [2.45, 2.75) is 31.2 Å². The average molecular weight is 303 g/mol. The summed E-state index contributed by atoms with van der Waals surface area (Å²) in [6.45, 7) is 0.544. The van der Waals surface area contributed by atoms with Gasteiger partial charge in [-0.2, -0.15) is 13.2 Å². The molecule has 1 aromatic carbocycles. The van der Waals surface area contributed by atoms with Gasteiger partial charge in [-0.25, -0.2) is 0 Å². The Balaban J connectivity index is 1.87. The number of hydrogen-bond donors (Lipinski definition) is 1. The third-order valence-electron chi connectivity index (χ3n) is 3.31. The lowest BCUT2D eigenvalue weighted by Gasteiger charge is -2.14. The van der Waals surface area contributed by atoms with E-state index in [1.807, 2.05) is 0 Å². The highest BCUT2D eigenvalue weighted by atomic mass is 19.4. The summed E-state index contributed by atoms with van der Waals surface area (Å²) in [6, 6.07) is 4.55. The molecule has 0 aromatic heterocycles. The second kappa shape index (κ2) is 6.34. The summed E-state index contributed by atoms with van der Waals surface area (Å²) in [5.41, 5.74) is -0.706. The lowest BCUT2D eigenvalue weighted by molar-refractivity contribution is -0.141. The Hall–Kier alpha value is -1.76. The van der Waals surface area contributed by atoms with Crippen molar-refractivity contribution in [1.29, 1.82) is 0 Å². The molecule has 1 saturated heterocycles. The molecule has 116 valence electrons. The van der Waals surface area contributed by atoms with Crippen molar-refractivity contribution in [3.63, 3.8) is 0 Å². The first-order valence-corrected chi connectivity index (χ1v) is 6.52. The summed E-state index contributed by atoms with van der Waals surface area (Å²) in [6.07, 6.45) is -3.66. The Morgan fingerprint density at radius 1 is 1.33 bits per heavy atom. The maximum atomic E-state index is 12.4. The van der Waals surface area contributed by atoms with E-state index in [-0.39, 0.29) is 24.5 Å². The normalized spacial score (nSPS) is 22.1. The number of alkyl halides is 3. The molecule has 1 heterocycles. The van der Waals surface area contributed by atoms with Crippen molar-refractivity contribution in [2.75, 3.05) is 13.7 Å². The topological polar surface area (TPSA) is 47.6 Å². The van der Waals surface area contributed by atoms with Crippen molar-refractivity contribution >= 4 is 5.97 Å². The molecule has 7 heteroatoms. The minimum absolute atomic E-state index is 0.0306. The first kappa shape index (κ1) is 15.6. The van der Waals surface area contributed by atoms with E-state index in [1.165, 1.54) is 19.2 Å². The van der Waals surface area contributed by atoms with Gasteiger partial charge in [0.2, 0.25) is 0 Å². The van der Waals surface area contributed by atoms with Gasteiger partial charge in [0.25, 0.3) is 0 Å². The molecule has 0 aliphatic carbocycles. The Morgan fingerprint density at radius 2 is 2.00 bits per heavy atom. The van der Waals surface area contributed by atoms with Crippen LogP contribution in [0.5, 0.6) is 5.75 Å². The molecule has 0 amide bonds. The van der Waals surface area contributed by atoms with Crippen molar-refractivity contribution in [2.24, 2.45) is 0 Å². The maximum absolute atomic E-state index is 12.4. The van der Waals surface area contributed by atoms with Crippen LogP contribution in [-0.4, -0.2) is 31.8 Å². The SMILES string of the molecule is COC(=O)C[C@@H]1C[C@@H](Oc2ccc(C(F)(F)F)cc2)CN1. The molecule has 2 atom stereocenters. The molecule has 0 spiro atoms. The zero-order valence-corrected chi connectivity index (χ0v) is 11.4. The average Bonchev–Trinajstić information content (AvgIpc) is 2.85. The fourth-order valence-electron chi connectivity index (χ4n) is 2.23. The van der Waals surface area contributed by atoms with Crippen LogP contribution in [0.15, 0.2) is 24.3 Å². The molecule has 1 fully saturated rings. The number of benzene rings is 1. The Kier molecular flexibility index (Phi) is 4.72. The number of nitrogens with one attached hydrogen (secondary N) is 1. The Bertz CT molecular complexity index is 487. The number of halogens is 3. The van der Waals surface area contributed by atoms with E-state index in [4.69, 9.17) is 4.74 Å². The van der Waals surface area contributed by atoms with Gasteiger partial charge >= 0.3 is 12.1 Å². The largest absolute Gasteiger partial charge is 0.489 e.